The summed E-state index contributed by atoms with van der Waals surface area (Å²) >= 11 is 0. The number of fused-ring (bicyclic) bond motifs is 2. The van der Waals surface area contributed by atoms with Gasteiger partial charge >= 0.3 is 0 Å². The maximum atomic E-state index is 12.5. The van der Waals surface area contributed by atoms with Crippen LogP contribution in [0.5, 0.6) is 17.4 Å². The number of rotatable bonds is 3. The van der Waals surface area contributed by atoms with Crippen molar-refractivity contribution in [3.63, 3.8) is 0 Å². The Balaban J connectivity index is 1.41. The molecule has 1 saturated heterocycles. The number of pyridine rings is 1. The molecule has 1 spiro atoms. The van der Waals surface area contributed by atoms with E-state index in [0.717, 1.165) is 29.9 Å². The second-order valence-corrected chi connectivity index (χ2v) is 8.14. The van der Waals surface area contributed by atoms with Crippen LogP contribution in [-0.4, -0.2) is 28.8 Å². The van der Waals surface area contributed by atoms with Gasteiger partial charge in [-0.05, 0) is 44.4 Å². The summed E-state index contributed by atoms with van der Waals surface area (Å²) in [5.74, 6) is 0.840. The van der Waals surface area contributed by atoms with Crippen LogP contribution in [0.15, 0.2) is 36.5 Å². The van der Waals surface area contributed by atoms with Crippen molar-refractivity contribution in [2.24, 2.45) is 0 Å². The van der Waals surface area contributed by atoms with E-state index < -0.39 is 11.5 Å². The molecule has 1 saturated carbocycles. The molecule has 6 heteroatoms. The summed E-state index contributed by atoms with van der Waals surface area (Å²) in [4.78, 5) is 29.0. The Morgan fingerprint density at radius 2 is 2.00 bits per heavy atom. The van der Waals surface area contributed by atoms with Crippen LogP contribution < -0.4 is 14.8 Å². The summed E-state index contributed by atoms with van der Waals surface area (Å²) in [7, 11) is 0. The predicted molar refractivity (Wildman–Crippen MR) is 97.1 cm³/mol. The molecule has 0 bridgehead atoms. The predicted octanol–water partition coefficient (Wildman–Crippen LogP) is 2.86. The number of hydrogen-bond donors (Lipinski definition) is 1. The Hall–Kier alpha value is -2.89. The second-order valence-electron chi connectivity index (χ2n) is 8.14. The molecule has 3 heterocycles. The Bertz CT molecular complexity index is 961. The molecule has 1 aliphatic carbocycles. The summed E-state index contributed by atoms with van der Waals surface area (Å²) in [6, 6.07) is 9.25. The fourth-order valence-corrected chi connectivity index (χ4v) is 4.03. The zero-order valence-corrected chi connectivity index (χ0v) is 15.2. The van der Waals surface area contributed by atoms with Crippen LogP contribution in [0.1, 0.15) is 43.7 Å². The van der Waals surface area contributed by atoms with Gasteiger partial charge in [0.1, 0.15) is 17.4 Å². The summed E-state index contributed by atoms with van der Waals surface area (Å²) in [5, 5.41) is 2.73. The molecule has 3 aliphatic rings. The first-order valence-electron chi connectivity index (χ1n) is 9.16. The number of hydrogen-bond acceptors (Lipinski definition) is 5. The number of ketones is 1. The average molecular weight is 364 g/mol. The lowest BCUT2D eigenvalue weighted by Gasteiger charge is -2.15. The molecule has 2 fully saturated rings. The van der Waals surface area contributed by atoms with Crippen molar-refractivity contribution in [1.82, 2.24) is 10.3 Å². The smallest absolute Gasteiger partial charge is 0.236 e. The molecule has 2 aliphatic heterocycles. The van der Waals surface area contributed by atoms with Crippen LogP contribution in [0.2, 0.25) is 0 Å². The molecule has 1 N–H and O–H groups in total. The van der Waals surface area contributed by atoms with Crippen LogP contribution in [0.3, 0.4) is 0 Å². The molecule has 5 rings (SSSR count). The third-order valence-electron chi connectivity index (χ3n) is 5.76. The lowest BCUT2D eigenvalue weighted by molar-refractivity contribution is -0.125. The number of carbonyl (C=O) groups excluding carboxylic acids is 2. The summed E-state index contributed by atoms with van der Waals surface area (Å²) in [6.07, 6.45) is 3.77. The van der Waals surface area contributed by atoms with Gasteiger partial charge in [-0.2, -0.15) is 0 Å². The largest absolute Gasteiger partial charge is 0.492 e. The molecule has 1 amide bonds. The van der Waals surface area contributed by atoms with E-state index in [1.807, 2.05) is 18.2 Å². The van der Waals surface area contributed by atoms with E-state index in [1.165, 1.54) is 0 Å². The monoisotopic (exact) mass is 364 g/mol. The molecule has 6 nitrogen and oxygen atoms in total. The first-order valence-corrected chi connectivity index (χ1v) is 9.16. The maximum absolute atomic E-state index is 12.5. The van der Waals surface area contributed by atoms with E-state index in [0.29, 0.717) is 18.1 Å². The standard InChI is InChI=1S/C21H20N2O4/c1-20(2)18(24)16(19(25)23-20)12-6-7-15(22-10-12)27-14-5-3-4-13-17(14)21(8-9-21)11-26-13/h3-7,10,16H,8-9,11H2,1-2H3,(H,23,25). The normalized spacial score (nSPS) is 23.7. The highest BCUT2D eigenvalue weighted by atomic mass is 16.5. The highest BCUT2D eigenvalue weighted by Gasteiger charge is 2.52. The van der Waals surface area contributed by atoms with Crippen molar-refractivity contribution < 1.29 is 19.1 Å². The Kier molecular flexibility index (Phi) is 3.21. The van der Waals surface area contributed by atoms with Gasteiger partial charge in [-0.15, -0.1) is 0 Å². The van der Waals surface area contributed by atoms with E-state index >= 15 is 0 Å². The fourth-order valence-electron chi connectivity index (χ4n) is 4.03. The minimum atomic E-state index is -0.847. The number of nitrogens with one attached hydrogen (secondary N) is 1. The highest BCUT2D eigenvalue weighted by molar-refractivity contribution is 6.16. The SMILES string of the molecule is CC1(C)NC(=O)C(c2ccc(Oc3cccc4c3C3(CC3)CO4)nc2)C1=O. The summed E-state index contributed by atoms with van der Waals surface area (Å²) in [6.45, 7) is 4.14. The number of Topliss-reactive ketones (excluding diaryl/α,β-unsaturated/α-hetero) is 1. The Labute approximate surface area is 156 Å². The van der Waals surface area contributed by atoms with Crippen molar-refractivity contribution in [1.29, 1.82) is 0 Å². The van der Waals surface area contributed by atoms with Gasteiger partial charge in [-0.3, -0.25) is 9.59 Å². The Morgan fingerprint density at radius 1 is 1.19 bits per heavy atom. The lowest BCUT2D eigenvalue weighted by Crippen LogP contribution is -2.39. The van der Waals surface area contributed by atoms with Crippen molar-refractivity contribution >= 4 is 11.7 Å². The van der Waals surface area contributed by atoms with Crippen LogP contribution >= 0.6 is 0 Å². The van der Waals surface area contributed by atoms with Gasteiger partial charge in [0.25, 0.3) is 0 Å². The minimum absolute atomic E-state index is 0.103. The van der Waals surface area contributed by atoms with Crippen LogP contribution in [0, 0.1) is 0 Å². The van der Waals surface area contributed by atoms with Gasteiger partial charge in [-0.25, -0.2) is 4.98 Å². The van der Waals surface area contributed by atoms with Gasteiger partial charge in [0.2, 0.25) is 11.8 Å². The summed E-state index contributed by atoms with van der Waals surface area (Å²) < 4.78 is 11.8. The zero-order chi connectivity index (χ0) is 18.8. The lowest BCUT2D eigenvalue weighted by atomic mass is 9.90. The van der Waals surface area contributed by atoms with E-state index in [2.05, 4.69) is 10.3 Å². The van der Waals surface area contributed by atoms with E-state index in [-0.39, 0.29) is 17.1 Å². The number of benzene rings is 1. The van der Waals surface area contributed by atoms with Crippen molar-refractivity contribution in [3.8, 4) is 17.4 Å². The topological polar surface area (TPSA) is 77.5 Å². The minimum Gasteiger partial charge on any atom is -0.492 e. The number of carbonyl (C=O) groups is 2. The van der Waals surface area contributed by atoms with Crippen molar-refractivity contribution in [2.45, 2.75) is 43.6 Å². The molecule has 138 valence electrons. The summed E-state index contributed by atoms with van der Waals surface area (Å²) in [5.41, 5.74) is 0.963. The van der Waals surface area contributed by atoms with E-state index in [1.54, 1.807) is 32.2 Å². The number of ether oxygens (including phenoxy) is 2. The van der Waals surface area contributed by atoms with Gasteiger partial charge in [-0.1, -0.05) is 12.1 Å². The maximum Gasteiger partial charge on any atom is 0.236 e. The van der Waals surface area contributed by atoms with Crippen molar-refractivity contribution in [2.75, 3.05) is 6.61 Å². The molecule has 2 aromatic rings. The first-order chi connectivity index (χ1) is 12.9. The van der Waals surface area contributed by atoms with Gasteiger partial charge in [0.05, 0.1) is 12.1 Å². The van der Waals surface area contributed by atoms with Gasteiger partial charge in [0, 0.05) is 23.2 Å². The van der Waals surface area contributed by atoms with Gasteiger partial charge < -0.3 is 14.8 Å². The second kappa shape index (κ2) is 5.31. The third-order valence-corrected chi connectivity index (χ3v) is 5.76. The molecule has 1 aromatic heterocycles. The number of aromatic nitrogens is 1. The number of nitrogens with zero attached hydrogens (tertiary/aromatic N) is 1. The third kappa shape index (κ3) is 2.43. The number of amides is 1. The first kappa shape index (κ1) is 16.3. The fraction of sp³-hybridized carbons (Fsp3) is 0.381. The van der Waals surface area contributed by atoms with Crippen LogP contribution in [0.4, 0.5) is 0 Å². The molecule has 1 unspecified atom stereocenters. The van der Waals surface area contributed by atoms with Crippen LogP contribution in [-0.2, 0) is 15.0 Å². The average Bonchev–Trinajstić information content (AvgIpc) is 3.26. The van der Waals surface area contributed by atoms with Gasteiger partial charge in [0.15, 0.2) is 5.78 Å². The van der Waals surface area contributed by atoms with Crippen molar-refractivity contribution in [3.05, 3.63) is 47.7 Å². The molecule has 0 radical (unpaired) electrons. The molecular weight excluding hydrogens is 344 g/mol. The molecular formula is C21H20N2O4. The molecule has 27 heavy (non-hydrogen) atoms. The quantitative estimate of drug-likeness (QED) is 0.848. The van der Waals surface area contributed by atoms with Crippen LogP contribution in [0.25, 0.3) is 0 Å². The van der Waals surface area contributed by atoms with E-state index in [4.69, 9.17) is 9.47 Å². The highest BCUT2D eigenvalue weighted by Crippen LogP contribution is 2.58. The zero-order valence-electron chi connectivity index (χ0n) is 15.2. The Morgan fingerprint density at radius 3 is 2.63 bits per heavy atom. The van der Waals surface area contributed by atoms with E-state index in [9.17, 15) is 9.59 Å². The molecule has 1 aromatic carbocycles. The molecule has 1 atom stereocenters.